The van der Waals surface area contributed by atoms with Crippen molar-refractivity contribution in [1.82, 2.24) is 4.90 Å². The summed E-state index contributed by atoms with van der Waals surface area (Å²) in [5.41, 5.74) is 0.515. The minimum atomic E-state index is -1.15. The SMILES string of the molecule is OC1(c2ccc(F)c(F)c2)CC2COCC(C1)N2Cc1ccccc1. The van der Waals surface area contributed by atoms with Crippen LogP contribution in [0.15, 0.2) is 48.5 Å². The van der Waals surface area contributed by atoms with Crippen molar-refractivity contribution in [2.45, 2.75) is 37.1 Å². The van der Waals surface area contributed by atoms with Gasteiger partial charge in [0, 0.05) is 18.6 Å². The van der Waals surface area contributed by atoms with E-state index in [2.05, 4.69) is 17.0 Å². The third-order valence-corrected chi connectivity index (χ3v) is 5.37. The van der Waals surface area contributed by atoms with Gasteiger partial charge in [0.2, 0.25) is 0 Å². The van der Waals surface area contributed by atoms with Gasteiger partial charge in [0.25, 0.3) is 0 Å². The molecule has 2 bridgehead atoms. The van der Waals surface area contributed by atoms with E-state index in [1.807, 2.05) is 18.2 Å². The van der Waals surface area contributed by atoms with Gasteiger partial charge in [0.1, 0.15) is 0 Å². The molecule has 2 atom stereocenters. The molecule has 0 spiro atoms. The summed E-state index contributed by atoms with van der Waals surface area (Å²) in [7, 11) is 0. The minimum absolute atomic E-state index is 0.0471. The first-order valence-corrected chi connectivity index (χ1v) is 8.60. The van der Waals surface area contributed by atoms with Crippen molar-refractivity contribution in [2.75, 3.05) is 13.2 Å². The van der Waals surface area contributed by atoms with Gasteiger partial charge in [0.15, 0.2) is 11.6 Å². The molecule has 0 aliphatic carbocycles. The summed E-state index contributed by atoms with van der Waals surface area (Å²) in [6.07, 6.45) is 0.892. The fraction of sp³-hybridized carbons (Fsp3) is 0.400. The largest absolute Gasteiger partial charge is 0.385 e. The van der Waals surface area contributed by atoms with E-state index >= 15 is 0 Å². The summed E-state index contributed by atoms with van der Waals surface area (Å²) in [5.74, 6) is -1.81. The van der Waals surface area contributed by atoms with Crippen LogP contribution < -0.4 is 0 Å². The molecular weight excluding hydrogens is 324 g/mol. The topological polar surface area (TPSA) is 32.7 Å². The number of piperidine rings is 1. The van der Waals surface area contributed by atoms with Gasteiger partial charge in [-0.15, -0.1) is 0 Å². The van der Waals surface area contributed by atoms with E-state index in [-0.39, 0.29) is 12.1 Å². The quantitative estimate of drug-likeness (QED) is 0.927. The van der Waals surface area contributed by atoms with E-state index in [0.29, 0.717) is 31.6 Å². The molecule has 2 aliphatic heterocycles. The number of ether oxygens (including phenoxy) is 1. The lowest BCUT2D eigenvalue weighted by Gasteiger charge is -2.52. The van der Waals surface area contributed by atoms with Crippen molar-refractivity contribution in [3.63, 3.8) is 0 Å². The normalized spacial score (nSPS) is 29.6. The van der Waals surface area contributed by atoms with Crippen molar-refractivity contribution < 1.29 is 18.6 Å². The summed E-state index contributed by atoms with van der Waals surface area (Å²) in [6, 6.07) is 14.0. The van der Waals surface area contributed by atoms with Crippen molar-refractivity contribution in [2.24, 2.45) is 0 Å². The summed E-state index contributed by atoms with van der Waals surface area (Å²) in [4.78, 5) is 2.37. The second-order valence-corrected chi connectivity index (χ2v) is 7.07. The Kier molecular flexibility index (Phi) is 4.31. The lowest BCUT2D eigenvalue weighted by Crippen LogP contribution is -2.60. The maximum absolute atomic E-state index is 13.6. The fourth-order valence-electron chi connectivity index (χ4n) is 4.12. The molecule has 2 aromatic carbocycles. The number of hydrogen-bond donors (Lipinski definition) is 1. The van der Waals surface area contributed by atoms with Gasteiger partial charge in [-0.2, -0.15) is 0 Å². The smallest absolute Gasteiger partial charge is 0.159 e. The van der Waals surface area contributed by atoms with Crippen molar-refractivity contribution >= 4 is 0 Å². The fourth-order valence-corrected chi connectivity index (χ4v) is 4.12. The average molecular weight is 345 g/mol. The lowest BCUT2D eigenvalue weighted by atomic mass is 9.76. The number of morpholine rings is 1. The van der Waals surface area contributed by atoms with Crippen molar-refractivity contribution in [3.05, 3.63) is 71.3 Å². The van der Waals surface area contributed by atoms with Crippen molar-refractivity contribution in [1.29, 1.82) is 0 Å². The van der Waals surface area contributed by atoms with E-state index in [1.54, 1.807) is 0 Å². The Bertz CT molecular complexity index is 739. The van der Waals surface area contributed by atoms with E-state index in [0.717, 1.165) is 18.7 Å². The van der Waals surface area contributed by atoms with Crippen molar-refractivity contribution in [3.8, 4) is 0 Å². The van der Waals surface area contributed by atoms with Crippen LogP contribution in [0.3, 0.4) is 0 Å². The molecule has 2 fully saturated rings. The van der Waals surface area contributed by atoms with Crippen LogP contribution in [-0.2, 0) is 16.9 Å². The molecule has 2 saturated heterocycles. The van der Waals surface area contributed by atoms with Crippen LogP contribution in [0.1, 0.15) is 24.0 Å². The highest BCUT2D eigenvalue weighted by atomic mass is 19.2. The van der Waals surface area contributed by atoms with Gasteiger partial charge in [-0.25, -0.2) is 8.78 Å². The van der Waals surface area contributed by atoms with E-state index < -0.39 is 17.2 Å². The highest BCUT2D eigenvalue weighted by molar-refractivity contribution is 5.26. The molecule has 0 aromatic heterocycles. The van der Waals surface area contributed by atoms with Gasteiger partial charge in [0.05, 0.1) is 18.8 Å². The van der Waals surface area contributed by atoms with Gasteiger partial charge in [-0.3, -0.25) is 4.90 Å². The first-order valence-electron chi connectivity index (χ1n) is 8.60. The lowest BCUT2D eigenvalue weighted by molar-refractivity contribution is -0.149. The van der Waals surface area contributed by atoms with Crippen LogP contribution in [0.4, 0.5) is 8.78 Å². The van der Waals surface area contributed by atoms with Crippen LogP contribution in [0.2, 0.25) is 0 Å². The van der Waals surface area contributed by atoms with Crippen LogP contribution in [0.5, 0.6) is 0 Å². The Morgan fingerprint density at radius 3 is 2.32 bits per heavy atom. The van der Waals surface area contributed by atoms with Crippen LogP contribution >= 0.6 is 0 Å². The summed E-state index contributed by atoms with van der Waals surface area (Å²) in [6.45, 7) is 1.87. The van der Waals surface area contributed by atoms with Gasteiger partial charge in [-0.05, 0) is 36.1 Å². The molecule has 3 nitrogen and oxygen atoms in total. The number of rotatable bonds is 3. The molecule has 0 amide bonds. The predicted molar refractivity (Wildman–Crippen MR) is 89.9 cm³/mol. The highest BCUT2D eigenvalue weighted by Gasteiger charge is 2.47. The highest BCUT2D eigenvalue weighted by Crippen LogP contribution is 2.41. The van der Waals surface area contributed by atoms with E-state index in [1.165, 1.54) is 11.6 Å². The third kappa shape index (κ3) is 3.19. The van der Waals surface area contributed by atoms with E-state index in [9.17, 15) is 13.9 Å². The first kappa shape index (κ1) is 16.6. The number of fused-ring (bicyclic) bond motifs is 2. The number of hydrogen-bond acceptors (Lipinski definition) is 3. The Hall–Kier alpha value is -1.82. The standard InChI is InChI=1S/C20H21F2NO2/c21-18-7-6-15(8-19(18)22)20(24)9-16-12-25-13-17(10-20)23(16)11-14-4-2-1-3-5-14/h1-8,16-17,24H,9-13H2. The molecule has 2 aromatic rings. The zero-order valence-corrected chi connectivity index (χ0v) is 13.9. The maximum Gasteiger partial charge on any atom is 0.159 e. The van der Waals surface area contributed by atoms with Crippen LogP contribution in [0, 0.1) is 11.6 Å². The second-order valence-electron chi connectivity index (χ2n) is 7.07. The number of aliphatic hydroxyl groups is 1. The minimum Gasteiger partial charge on any atom is -0.385 e. The molecule has 2 aliphatic rings. The molecule has 4 rings (SSSR count). The van der Waals surface area contributed by atoms with Crippen LogP contribution in [-0.4, -0.2) is 35.3 Å². The maximum atomic E-state index is 13.6. The molecule has 2 heterocycles. The second kappa shape index (κ2) is 6.48. The number of benzene rings is 2. The summed E-state index contributed by atoms with van der Waals surface area (Å²) < 4.78 is 32.6. The Labute approximate surface area is 145 Å². The van der Waals surface area contributed by atoms with E-state index in [4.69, 9.17) is 4.74 Å². The zero-order valence-electron chi connectivity index (χ0n) is 13.9. The molecule has 25 heavy (non-hydrogen) atoms. The molecule has 2 unspecified atom stereocenters. The summed E-state index contributed by atoms with van der Waals surface area (Å²) >= 11 is 0. The average Bonchev–Trinajstić information content (AvgIpc) is 2.59. The predicted octanol–water partition coefficient (Wildman–Crippen LogP) is 3.22. The van der Waals surface area contributed by atoms with Gasteiger partial charge < -0.3 is 9.84 Å². The molecule has 1 N–H and O–H groups in total. The first-order chi connectivity index (χ1) is 12.0. The van der Waals surface area contributed by atoms with Gasteiger partial charge >= 0.3 is 0 Å². The molecular formula is C20H21F2NO2. The molecule has 0 saturated carbocycles. The zero-order chi connectivity index (χ0) is 17.4. The van der Waals surface area contributed by atoms with Gasteiger partial charge in [-0.1, -0.05) is 36.4 Å². The number of halogens is 2. The summed E-state index contributed by atoms with van der Waals surface area (Å²) in [5, 5.41) is 11.2. The Morgan fingerprint density at radius 2 is 1.68 bits per heavy atom. The molecule has 5 heteroatoms. The number of nitrogens with zero attached hydrogens (tertiary/aromatic N) is 1. The Morgan fingerprint density at radius 1 is 1.00 bits per heavy atom. The monoisotopic (exact) mass is 345 g/mol. The van der Waals surface area contributed by atoms with Crippen LogP contribution in [0.25, 0.3) is 0 Å². The Balaban J connectivity index is 1.59. The third-order valence-electron chi connectivity index (χ3n) is 5.37. The molecule has 0 radical (unpaired) electrons. The molecule has 132 valence electrons.